The van der Waals surface area contributed by atoms with Gasteiger partial charge in [0.15, 0.2) is 0 Å². The normalized spacial score (nSPS) is 33.1. The summed E-state index contributed by atoms with van der Waals surface area (Å²) in [7, 11) is 0. The Balaban J connectivity index is 1.82. The van der Waals surface area contributed by atoms with Crippen molar-refractivity contribution in [3.05, 3.63) is 6.07 Å². The lowest BCUT2D eigenvalue weighted by Gasteiger charge is -2.38. The summed E-state index contributed by atoms with van der Waals surface area (Å²) in [6, 6.07) is 1.85. The molecule has 2 saturated carbocycles. The molecule has 3 N–H and O–H groups in total. The molecule has 0 saturated heterocycles. The molecule has 0 aromatic carbocycles. The van der Waals surface area contributed by atoms with Crippen LogP contribution in [0.2, 0.25) is 0 Å². The lowest BCUT2D eigenvalue weighted by molar-refractivity contribution is 0.0274. The minimum absolute atomic E-state index is 0.218. The molecule has 1 heterocycles. The van der Waals surface area contributed by atoms with Crippen LogP contribution < -0.4 is 15.8 Å². The summed E-state index contributed by atoms with van der Waals surface area (Å²) in [5.41, 5.74) is 6.34. The van der Waals surface area contributed by atoms with Crippen LogP contribution in [0.4, 0.5) is 11.8 Å². The maximum atomic E-state index is 6.24. The van der Waals surface area contributed by atoms with Gasteiger partial charge in [0, 0.05) is 18.0 Å². The summed E-state index contributed by atoms with van der Waals surface area (Å²) in [6.45, 7) is 9.95. The van der Waals surface area contributed by atoms with Gasteiger partial charge in [-0.05, 0) is 37.5 Å². The molecule has 0 radical (unpaired) electrons. The largest absolute Gasteiger partial charge is 0.474 e. The highest BCUT2D eigenvalue weighted by molar-refractivity contribution is 5.42. The van der Waals surface area contributed by atoms with Crippen molar-refractivity contribution in [2.24, 2.45) is 16.7 Å². The van der Waals surface area contributed by atoms with Gasteiger partial charge >= 0.3 is 0 Å². The van der Waals surface area contributed by atoms with Crippen LogP contribution in [-0.2, 0) is 0 Å². The average molecular weight is 290 g/mol. The Morgan fingerprint density at radius 1 is 1.38 bits per heavy atom. The third-order valence-corrected chi connectivity index (χ3v) is 6.05. The first-order valence-corrected chi connectivity index (χ1v) is 7.92. The van der Waals surface area contributed by atoms with Gasteiger partial charge in [-0.2, -0.15) is 9.97 Å². The van der Waals surface area contributed by atoms with Crippen molar-refractivity contribution in [1.82, 2.24) is 9.97 Å². The Bertz CT molecular complexity index is 545. The Hall–Kier alpha value is -1.52. The first-order valence-electron chi connectivity index (χ1n) is 7.92. The van der Waals surface area contributed by atoms with E-state index in [1.807, 2.05) is 13.0 Å². The number of nitrogens with one attached hydrogen (secondary N) is 1. The number of nitrogen functional groups attached to an aromatic ring is 1. The van der Waals surface area contributed by atoms with Gasteiger partial charge in [-0.3, -0.25) is 0 Å². The number of fused-ring (bicyclic) bond motifs is 2. The summed E-state index contributed by atoms with van der Waals surface area (Å²) in [6.07, 6.45) is 3.88. The van der Waals surface area contributed by atoms with Crippen LogP contribution in [0, 0.1) is 16.7 Å². The molecule has 21 heavy (non-hydrogen) atoms. The molecule has 3 rings (SSSR count). The summed E-state index contributed by atoms with van der Waals surface area (Å²) in [5, 5.41) is 3.16. The summed E-state index contributed by atoms with van der Waals surface area (Å²) < 4.78 is 6.24. The minimum atomic E-state index is 0.218. The maximum Gasteiger partial charge on any atom is 0.225 e. The van der Waals surface area contributed by atoms with E-state index in [0.717, 1.165) is 24.7 Å². The molecule has 2 aliphatic rings. The fourth-order valence-electron chi connectivity index (χ4n) is 4.23. The van der Waals surface area contributed by atoms with E-state index < -0.39 is 0 Å². The molecule has 3 unspecified atom stereocenters. The van der Waals surface area contributed by atoms with Crippen LogP contribution in [0.15, 0.2) is 6.07 Å². The number of anilines is 2. The second kappa shape index (κ2) is 4.75. The number of rotatable bonds is 4. The molecule has 2 bridgehead atoms. The third-order valence-electron chi connectivity index (χ3n) is 6.05. The van der Waals surface area contributed by atoms with Crippen molar-refractivity contribution < 1.29 is 4.74 Å². The lowest BCUT2D eigenvalue weighted by atomic mass is 9.70. The maximum absolute atomic E-state index is 6.24. The van der Waals surface area contributed by atoms with Gasteiger partial charge in [-0.1, -0.05) is 20.8 Å². The van der Waals surface area contributed by atoms with Crippen LogP contribution in [0.5, 0.6) is 5.88 Å². The van der Waals surface area contributed by atoms with E-state index in [0.29, 0.717) is 11.3 Å². The van der Waals surface area contributed by atoms with Crippen molar-refractivity contribution in [2.45, 2.75) is 53.1 Å². The molecule has 1 aromatic rings. The predicted molar refractivity (Wildman–Crippen MR) is 84.3 cm³/mol. The zero-order chi connectivity index (χ0) is 15.3. The van der Waals surface area contributed by atoms with E-state index in [-0.39, 0.29) is 17.5 Å². The SMILES string of the molecule is CCNc1cc(OC2CC3CCC2(C)C3(C)C)nc(N)n1. The fourth-order valence-corrected chi connectivity index (χ4v) is 4.23. The number of aromatic nitrogens is 2. The molecule has 0 amide bonds. The molecule has 0 spiro atoms. The Morgan fingerprint density at radius 3 is 2.71 bits per heavy atom. The quantitative estimate of drug-likeness (QED) is 0.891. The Labute approximate surface area is 126 Å². The van der Waals surface area contributed by atoms with E-state index in [9.17, 15) is 0 Å². The highest BCUT2D eigenvalue weighted by Gasteiger charge is 2.62. The number of ether oxygens (including phenoxy) is 1. The van der Waals surface area contributed by atoms with Crippen molar-refractivity contribution in [3.8, 4) is 5.88 Å². The van der Waals surface area contributed by atoms with Crippen LogP contribution in [0.25, 0.3) is 0 Å². The first-order chi connectivity index (χ1) is 9.86. The monoisotopic (exact) mass is 290 g/mol. The van der Waals surface area contributed by atoms with Gasteiger partial charge < -0.3 is 15.8 Å². The first kappa shape index (κ1) is 14.4. The fraction of sp³-hybridized carbons (Fsp3) is 0.750. The number of nitrogens with two attached hydrogens (primary N) is 1. The van der Waals surface area contributed by atoms with Crippen LogP contribution >= 0.6 is 0 Å². The van der Waals surface area contributed by atoms with Gasteiger partial charge in [0.1, 0.15) is 11.9 Å². The van der Waals surface area contributed by atoms with Gasteiger partial charge in [0.25, 0.3) is 0 Å². The van der Waals surface area contributed by atoms with E-state index in [1.54, 1.807) is 0 Å². The van der Waals surface area contributed by atoms with Crippen molar-refractivity contribution in [3.63, 3.8) is 0 Å². The van der Waals surface area contributed by atoms with E-state index in [4.69, 9.17) is 10.5 Å². The highest BCUT2D eigenvalue weighted by atomic mass is 16.5. The van der Waals surface area contributed by atoms with E-state index >= 15 is 0 Å². The molecule has 1 aromatic heterocycles. The molecule has 2 aliphatic carbocycles. The zero-order valence-corrected chi connectivity index (χ0v) is 13.4. The van der Waals surface area contributed by atoms with E-state index in [2.05, 4.69) is 36.1 Å². The summed E-state index contributed by atoms with van der Waals surface area (Å²) in [5.74, 6) is 2.33. The van der Waals surface area contributed by atoms with Crippen molar-refractivity contribution >= 4 is 11.8 Å². The Morgan fingerprint density at radius 2 is 2.14 bits per heavy atom. The highest BCUT2D eigenvalue weighted by Crippen LogP contribution is 2.66. The molecular weight excluding hydrogens is 264 g/mol. The van der Waals surface area contributed by atoms with E-state index in [1.165, 1.54) is 12.8 Å². The minimum Gasteiger partial charge on any atom is -0.474 e. The zero-order valence-electron chi connectivity index (χ0n) is 13.4. The molecule has 2 fully saturated rings. The van der Waals surface area contributed by atoms with Crippen molar-refractivity contribution in [2.75, 3.05) is 17.6 Å². The van der Waals surface area contributed by atoms with Gasteiger partial charge in [0.05, 0.1) is 0 Å². The number of hydrogen-bond donors (Lipinski definition) is 2. The second-order valence-electron chi connectivity index (χ2n) is 7.20. The van der Waals surface area contributed by atoms with Gasteiger partial charge in [-0.25, -0.2) is 0 Å². The molecule has 0 aliphatic heterocycles. The summed E-state index contributed by atoms with van der Waals surface area (Å²) >= 11 is 0. The second-order valence-corrected chi connectivity index (χ2v) is 7.20. The van der Waals surface area contributed by atoms with Gasteiger partial charge in [-0.15, -0.1) is 0 Å². The number of hydrogen-bond acceptors (Lipinski definition) is 5. The molecule has 116 valence electrons. The third kappa shape index (κ3) is 2.14. The molecule has 3 atom stereocenters. The van der Waals surface area contributed by atoms with Gasteiger partial charge in [0.2, 0.25) is 11.8 Å². The molecule has 5 heteroatoms. The Kier molecular flexibility index (Phi) is 3.26. The van der Waals surface area contributed by atoms with Crippen LogP contribution in [-0.4, -0.2) is 22.6 Å². The lowest BCUT2D eigenvalue weighted by Crippen LogP contribution is -2.39. The molecule has 5 nitrogen and oxygen atoms in total. The topological polar surface area (TPSA) is 73.1 Å². The van der Waals surface area contributed by atoms with Crippen molar-refractivity contribution in [1.29, 1.82) is 0 Å². The average Bonchev–Trinajstić information content (AvgIpc) is 2.71. The van der Waals surface area contributed by atoms with Crippen LogP contribution in [0.1, 0.15) is 47.0 Å². The predicted octanol–water partition coefficient (Wildman–Crippen LogP) is 3.08. The summed E-state index contributed by atoms with van der Waals surface area (Å²) in [4.78, 5) is 8.41. The number of nitrogens with zero attached hydrogens (tertiary/aromatic N) is 2. The standard InChI is InChI=1S/C16H26N4O/c1-5-18-12-9-13(20-14(17)19-12)21-11-8-10-6-7-16(11,4)15(10,2)3/h9-11H,5-8H2,1-4H3,(H3,17,18,19,20). The van der Waals surface area contributed by atoms with Crippen LogP contribution in [0.3, 0.4) is 0 Å². The molecular formula is C16H26N4O. The smallest absolute Gasteiger partial charge is 0.225 e.